The quantitative estimate of drug-likeness (QED) is 0.423. The predicted octanol–water partition coefficient (Wildman–Crippen LogP) is 4.57. The molecule has 0 bridgehead atoms. The van der Waals surface area contributed by atoms with Crippen LogP contribution in [0.4, 0.5) is 0 Å². The highest BCUT2D eigenvalue weighted by molar-refractivity contribution is 6.11. The molecular formula is C18H16N2. The smallest absolute Gasteiger partial charge is 0.0816 e. The molecule has 2 heteroatoms. The lowest BCUT2D eigenvalue weighted by Gasteiger charge is -2.10. The van der Waals surface area contributed by atoms with Crippen molar-refractivity contribution in [3.8, 4) is 0 Å². The summed E-state index contributed by atoms with van der Waals surface area (Å²) in [5.74, 6) is 0. The minimum absolute atomic E-state index is 1.09. The largest absolute Gasteiger partial charge is 0.313 e. The molecule has 0 saturated heterocycles. The number of aromatic nitrogens is 2. The van der Waals surface area contributed by atoms with E-state index < -0.39 is 0 Å². The van der Waals surface area contributed by atoms with Gasteiger partial charge in [-0.05, 0) is 50.1 Å². The summed E-state index contributed by atoms with van der Waals surface area (Å²) >= 11 is 0. The van der Waals surface area contributed by atoms with Crippen LogP contribution < -0.4 is 0 Å². The number of nitrogens with zero attached hydrogens (tertiary/aromatic N) is 2. The van der Waals surface area contributed by atoms with Crippen LogP contribution in [-0.2, 0) is 0 Å². The average molecular weight is 260 g/mol. The average Bonchev–Trinajstić information content (AvgIpc) is 2.73. The van der Waals surface area contributed by atoms with Crippen LogP contribution in [0.25, 0.3) is 27.3 Å². The number of rotatable bonds is 0. The van der Waals surface area contributed by atoms with Crippen molar-refractivity contribution in [1.29, 1.82) is 0 Å². The summed E-state index contributed by atoms with van der Waals surface area (Å²) in [5.41, 5.74) is 7.66. The second-order valence-electron chi connectivity index (χ2n) is 5.44. The highest BCUT2D eigenvalue weighted by Gasteiger charge is 2.15. The molecule has 0 fully saturated rings. The minimum atomic E-state index is 1.09. The molecule has 20 heavy (non-hydrogen) atoms. The number of pyridine rings is 2. The molecule has 4 aromatic rings. The third-order valence-corrected chi connectivity index (χ3v) is 4.48. The first-order chi connectivity index (χ1) is 9.70. The number of hydrogen-bond acceptors (Lipinski definition) is 1. The zero-order chi connectivity index (χ0) is 13.9. The van der Waals surface area contributed by atoms with Crippen LogP contribution in [0.1, 0.15) is 16.8 Å². The molecular weight excluding hydrogens is 244 g/mol. The number of fused-ring (bicyclic) bond motifs is 6. The van der Waals surface area contributed by atoms with Gasteiger partial charge in [0.2, 0.25) is 0 Å². The summed E-state index contributed by atoms with van der Waals surface area (Å²) < 4.78 is 2.38. The normalized spacial score (nSPS) is 11.8. The van der Waals surface area contributed by atoms with Gasteiger partial charge in [0.15, 0.2) is 0 Å². The van der Waals surface area contributed by atoms with Crippen LogP contribution >= 0.6 is 0 Å². The lowest BCUT2D eigenvalue weighted by atomic mass is 10.1. The first-order valence-electron chi connectivity index (χ1n) is 6.94. The summed E-state index contributed by atoms with van der Waals surface area (Å²) in [4.78, 5) is 4.63. The number of para-hydroxylation sites is 1. The van der Waals surface area contributed by atoms with Crippen LogP contribution in [0.5, 0.6) is 0 Å². The Labute approximate surface area is 117 Å². The summed E-state index contributed by atoms with van der Waals surface area (Å²) in [6, 6.07) is 12.7. The van der Waals surface area contributed by atoms with Crippen LogP contribution in [-0.4, -0.2) is 9.38 Å². The molecule has 0 unspecified atom stereocenters. The fourth-order valence-electron chi connectivity index (χ4n) is 3.26. The van der Waals surface area contributed by atoms with E-state index in [2.05, 4.69) is 60.5 Å². The molecule has 3 aromatic heterocycles. The number of aryl methyl sites for hydroxylation is 2. The van der Waals surface area contributed by atoms with Crippen molar-refractivity contribution in [3.05, 3.63) is 59.4 Å². The van der Waals surface area contributed by atoms with E-state index in [1.807, 2.05) is 12.3 Å². The van der Waals surface area contributed by atoms with Gasteiger partial charge in [-0.1, -0.05) is 18.2 Å². The summed E-state index contributed by atoms with van der Waals surface area (Å²) in [6.45, 7) is 6.61. The first kappa shape index (κ1) is 11.5. The molecule has 0 aliphatic carbocycles. The third-order valence-electron chi connectivity index (χ3n) is 4.48. The monoisotopic (exact) mass is 260 g/mol. The summed E-state index contributed by atoms with van der Waals surface area (Å²) in [7, 11) is 0. The first-order valence-corrected chi connectivity index (χ1v) is 6.94. The van der Waals surface area contributed by atoms with Gasteiger partial charge in [0.25, 0.3) is 0 Å². The van der Waals surface area contributed by atoms with E-state index in [1.54, 1.807) is 0 Å². The molecule has 0 amide bonds. The fourth-order valence-corrected chi connectivity index (χ4v) is 3.26. The second kappa shape index (κ2) is 3.83. The minimum Gasteiger partial charge on any atom is -0.313 e. The maximum atomic E-state index is 4.63. The fraction of sp³-hybridized carbons (Fsp3) is 0.167. The summed E-state index contributed by atoms with van der Waals surface area (Å²) in [6.07, 6.45) is 1.88. The lowest BCUT2D eigenvalue weighted by molar-refractivity contribution is 1.15. The van der Waals surface area contributed by atoms with Crippen molar-refractivity contribution < 1.29 is 0 Å². The van der Waals surface area contributed by atoms with Crippen LogP contribution in [0.3, 0.4) is 0 Å². The Morgan fingerprint density at radius 3 is 2.45 bits per heavy atom. The van der Waals surface area contributed by atoms with Gasteiger partial charge in [-0.2, -0.15) is 0 Å². The zero-order valence-electron chi connectivity index (χ0n) is 11.9. The lowest BCUT2D eigenvalue weighted by Crippen LogP contribution is -1.94. The summed E-state index contributed by atoms with van der Waals surface area (Å²) in [5, 5.41) is 2.45. The molecule has 0 aliphatic heterocycles. The van der Waals surface area contributed by atoms with Crippen molar-refractivity contribution in [2.24, 2.45) is 0 Å². The molecule has 3 heterocycles. The van der Waals surface area contributed by atoms with Crippen LogP contribution in [0.2, 0.25) is 0 Å². The van der Waals surface area contributed by atoms with E-state index in [-0.39, 0.29) is 0 Å². The van der Waals surface area contributed by atoms with E-state index in [4.69, 9.17) is 0 Å². The molecule has 0 N–H and O–H groups in total. The maximum absolute atomic E-state index is 4.63. The molecule has 1 aromatic carbocycles. The molecule has 0 spiro atoms. The Morgan fingerprint density at radius 2 is 1.60 bits per heavy atom. The molecule has 0 atom stereocenters. The number of hydrogen-bond donors (Lipinski definition) is 0. The topological polar surface area (TPSA) is 17.3 Å². The Hall–Kier alpha value is -2.35. The van der Waals surface area contributed by atoms with Gasteiger partial charge in [0.05, 0.1) is 16.6 Å². The van der Waals surface area contributed by atoms with Gasteiger partial charge in [0, 0.05) is 22.7 Å². The van der Waals surface area contributed by atoms with Gasteiger partial charge in [-0.3, -0.25) is 4.98 Å². The van der Waals surface area contributed by atoms with Gasteiger partial charge >= 0.3 is 0 Å². The van der Waals surface area contributed by atoms with E-state index in [0.717, 1.165) is 5.52 Å². The molecule has 0 radical (unpaired) electrons. The maximum Gasteiger partial charge on any atom is 0.0816 e. The van der Waals surface area contributed by atoms with Gasteiger partial charge in [0.1, 0.15) is 0 Å². The molecule has 0 aliphatic rings. The Kier molecular flexibility index (Phi) is 2.19. The van der Waals surface area contributed by atoms with Crippen LogP contribution in [0.15, 0.2) is 42.6 Å². The molecule has 2 nitrogen and oxygen atoms in total. The van der Waals surface area contributed by atoms with E-state index in [1.165, 1.54) is 38.6 Å². The SMILES string of the molecule is Cc1c(C)c2c3cccnc3c3ccccc3n2c1C. The van der Waals surface area contributed by atoms with Crippen molar-refractivity contribution in [2.75, 3.05) is 0 Å². The highest BCUT2D eigenvalue weighted by Crippen LogP contribution is 2.33. The van der Waals surface area contributed by atoms with Gasteiger partial charge in [-0.25, -0.2) is 0 Å². The van der Waals surface area contributed by atoms with E-state index >= 15 is 0 Å². The standard InChI is InChI=1S/C18H16N2/c1-11-12(2)18-15-8-6-10-19-17(15)14-7-4-5-9-16(14)20(18)13(11)3/h4-10H,1-3H3. The van der Waals surface area contributed by atoms with Crippen molar-refractivity contribution in [3.63, 3.8) is 0 Å². The van der Waals surface area contributed by atoms with Crippen molar-refractivity contribution in [1.82, 2.24) is 9.38 Å². The highest BCUT2D eigenvalue weighted by atomic mass is 14.9. The van der Waals surface area contributed by atoms with Gasteiger partial charge in [-0.15, -0.1) is 0 Å². The molecule has 98 valence electrons. The Bertz CT molecular complexity index is 898. The Balaban J connectivity index is 2.50. The third kappa shape index (κ3) is 1.26. The molecule has 4 rings (SSSR count). The van der Waals surface area contributed by atoms with E-state index in [0.29, 0.717) is 0 Å². The second-order valence-corrected chi connectivity index (χ2v) is 5.44. The zero-order valence-corrected chi connectivity index (χ0v) is 11.9. The van der Waals surface area contributed by atoms with Crippen molar-refractivity contribution >= 4 is 27.3 Å². The predicted molar refractivity (Wildman–Crippen MR) is 84.4 cm³/mol. The van der Waals surface area contributed by atoms with Gasteiger partial charge < -0.3 is 4.40 Å². The molecule has 0 saturated carbocycles. The Morgan fingerprint density at radius 1 is 0.850 bits per heavy atom. The van der Waals surface area contributed by atoms with Crippen molar-refractivity contribution in [2.45, 2.75) is 20.8 Å². The van der Waals surface area contributed by atoms with E-state index in [9.17, 15) is 0 Å². The van der Waals surface area contributed by atoms with Crippen LogP contribution in [0, 0.1) is 20.8 Å². The number of benzene rings is 1.